The summed E-state index contributed by atoms with van der Waals surface area (Å²) in [6, 6.07) is 8.90. The molecule has 4 rings (SSSR count). The smallest absolute Gasteiger partial charge is 0.192 e. The maximum atomic E-state index is 6.88. The zero-order valence-corrected chi connectivity index (χ0v) is 25.4. The van der Waals surface area contributed by atoms with Crippen LogP contribution in [0.25, 0.3) is 0 Å². The van der Waals surface area contributed by atoms with E-state index in [2.05, 4.69) is 92.6 Å². The molecule has 0 radical (unpaired) electrons. The highest BCUT2D eigenvalue weighted by molar-refractivity contribution is 8.21. The molecule has 1 atom stereocenters. The largest absolute Gasteiger partial charge is 0.499 e. The third-order valence-electron chi connectivity index (χ3n) is 8.87. The Hall–Kier alpha value is -0.603. The average molecular weight is 536 g/mol. The Morgan fingerprint density at radius 1 is 0.971 bits per heavy atom. The third-order valence-corrected chi connectivity index (χ3v) is 17.0. The van der Waals surface area contributed by atoms with Gasteiger partial charge in [0, 0.05) is 30.7 Å². The van der Waals surface area contributed by atoms with Crippen molar-refractivity contribution >= 4 is 31.8 Å². The topological polar surface area (TPSA) is 30.9 Å². The van der Waals surface area contributed by atoms with Crippen LogP contribution >= 0.6 is 23.5 Å². The highest BCUT2D eigenvalue weighted by atomic mass is 32.2. The molecule has 2 fully saturated rings. The van der Waals surface area contributed by atoms with Gasteiger partial charge in [0.2, 0.25) is 0 Å². The van der Waals surface area contributed by atoms with Crippen LogP contribution in [-0.4, -0.2) is 67.8 Å². The van der Waals surface area contributed by atoms with Crippen LogP contribution in [0.15, 0.2) is 36.1 Å². The molecule has 3 aliphatic rings. The number of ether oxygens (including phenoxy) is 2. The predicted octanol–water partition coefficient (Wildman–Crippen LogP) is 6.96. The Labute approximate surface area is 223 Å². The van der Waals surface area contributed by atoms with Crippen molar-refractivity contribution in [3.63, 3.8) is 0 Å². The molecule has 1 aliphatic carbocycles. The second kappa shape index (κ2) is 10.6. The van der Waals surface area contributed by atoms with Gasteiger partial charge in [-0.25, -0.2) is 0 Å². The van der Waals surface area contributed by atoms with Crippen molar-refractivity contribution in [3.05, 3.63) is 41.7 Å². The van der Waals surface area contributed by atoms with Crippen LogP contribution in [0, 0.1) is 0 Å². The van der Waals surface area contributed by atoms with E-state index < -0.39 is 8.32 Å². The van der Waals surface area contributed by atoms with E-state index in [4.69, 9.17) is 13.9 Å². The molecule has 1 aromatic carbocycles. The van der Waals surface area contributed by atoms with E-state index >= 15 is 0 Å². The molecule has 0 aromatic heterocycles. The van der Waals surface area contributed by atoms with Crippen LogP contribution in [0.3, 0.4) is 0 Å². The second-order valence-corrected chi connectivity index (χ2v) is 19.9. The summed E-state index contributed by atoms with van der Waals surface area (Å²) in [5.41, 5.74) is 1.34. The first-order chi connectivity index (χ1) is 16.5. The lowest BCUT2D eigenvalue weighted by Crippen LogP contribution is -2.57. The number of thioether (sulfide) groups is 2. The van der Waals surface area contributed by atoms with Gasteiger partial charge in [-0.05, 0) is 74.0 Å². The molecule has 4 nitrogen and oxygen atoms in total. The fraction of sp³-hybridized carbons (Fsp3) is 0.714. The molecule has 0 N–H and O–H groups in total. The Kier molecular flexibility index (Phi) is 8.34. The van der Waals surface area contributed by atoms with Crippen LogP contribution < -0.4 is 4.74 Å². The highest BCUT2D eigenvalue weighted by Gasteiger charge is 2.54. The summed E-state index contributed by atoms with van der Waals surface area (Å²) in [6.07, 6.45) is 8.19. The molecule has 1 aromatic rings. The quantitative estimate of drug-likeness (QED) is 0.334. The SMILES string of the molecule is COC1=CCN([C@H](CO[Si](C)(C)C(C)(C)C)Cc2ccc(OC)cc2)C12CCC1(CC2)SCCS1. The van der Waals surface area contributed by atoms with Crippen molar-refractivity contribution in [2.24, 2.45) is 0 Å². The lowest BCUT2D eigenvalue weighted by atomic mass is 9.78. The zero-order valence-electron chi connectivity index (χ0n) is 22.8. The molecule has 0 unspecified atom stereocenters. The minimum absolute atomic E-state index is 0.00234. The number of benzene rings is 1. The van der Waals surface area contributed by atoms with E-state index in [0.717, 1.165) is 25.3 Å². The summed E-state index contributed by atoms with van der Waals surface area (Å²) in [7, 11) is 1.73. The first-order valence-electron chi connectivity index (χ1n) is 13.1. The second-order valence-electron chi connectivity index (χ2n) is 11.8. The molecule has 1 saturated heterocycles. The van der Waals surface area contributed by atoms with Gasteiger partial charge in [0.25, 0.3) is 0 Å². The van der Waals surface area contributed by atoms with Crippen molar-refractivity contribution in [1.29, 1.82) is 0 Å². The average Bonchev–Trinajstić information content (AvgIpc) is 3.43. The van der Waals surface area contributed by atoms with Gasteiger partial charge >= 0.3 is 0 Å². The molecule has 196 valence electrons. The van der Waals surface area contributed by atoms with E-state index in [-0.39, 0.29) is 10.6 Å². The van der Waals surface area contributed by atoms with Crippen molar-refractivity contribution < 1.29 is 13.9 Å². The Morgan fingerprint density at radius 2 is 1.60 bits per heavy atom. The predicted molar refractivity (Wildman–Crippen MR) is 154 cm³/mol. The molecule has 0 bridgehead atoms. The molecular formula is C28H45NO3S2Si. The maximum Gasteiger partial charge on any atom is 0.192 e. The van der Waals surface area contributed by atoms with Gasteiger partial charge in [0.1, 0.15) is 11.5 Å². The van der Waals surface area contributed by atoms with Crippen LogP contribution in [0.5, 0.6) is 5.75 Å². The first-order valence-corrected chi connectivity index (χ1v) is 18.0. The molecule has 35 heavy (non-hydrogen) atoms. The molecule has 2 heterocycles. The summed E-state index contributed by atoms with van der Waals surface area (Å²) in [5.74, 6) is 4.70. The number of nitrogens with zero attached hydrogens (tertiary/aromatic N) is 1. The summed E-state index contributed by atoms with van der Waals surface area (Å²) < 4.78 is 18.8. The van der Waals surface area contributed by atoms with Gasteiger partial charge < -0.3 is 13.9 Å². The Balaban J connectivity index is 1.59. The van der Waals surface area contributed by atoms with Gasteiger partial charge in [0.05, 0.1) is 23.8 Å². The summed E-state index contributed by atoms with van der Waals surface area (Å²) in [4.78, 5) is 2.75. The van der Waals surface area contributed by atoms with E-state index in [0.29, 0.717) is 10.1 Å². The molecule has 2 spiro atoms. The summed E-state index contributed by atoms with van der Waals surface area (Å²) in [6.45, 7) is 13.4. The number of hydrogen-bond donors (Lipinski definition) is 0. The van der Waals surface area contributed by atoms with Crippen LogP contribution in [0.4, 0.5) is 0 Å². The van der Waals surface area contributed by atoms with Gasteiger partial charge in [-0.1, -0.05) is 32.9 Å². The van der Waals surface area contributed by atoms with Crippen LogP contribution in [0.1, 0.15) is 52.0 Å². The standard InChI is InChI=1S/C28H45NO3S2Si/c1-26(2,3)35(6,7)32-21-23(20-22-8-10-24(30-4)11-9-22)29-17-12-25(31-5)27(29)13-15-28(16-14-27)33-18-19-34-28/h8-12,23H,13-21H2,1-7H3/t23-/m0/s1. The third kappa shape index (κ3) is 5.64. The van der Waals surface area contributed by atoms with Crippen molar-refractivity contribution in [2.75, 3.05) is 38.9 Å². The van der Waals surface area contributed by atoms with E-state index in [1.165, 1.54) is 48.5 Å². The van der Waals surface area contributed by atoms with Gasteiger partial charge in [0.15, 0.2) is 8.32 Å². The molecule has 1 saturated carbocycles. The van der Waals surface area contributed by atoms with E-state index in [9.17, 15) is 0 Å². The van der Waals surface area contributed by atoms with Crippen molar-refractivity contribution in [2.45, 2.75) is 86.7 Å². The lowest BCUT2D eigenvalue weighted by Gasteiger charge is -2.50. The summed E-state index contributed by atoms with van der Waals surface area (Å²) in [5, 5.41) is 0.199. The number of rotatable bonds is 8. The highest BCUT2D eigenvalue weighted by Crippen LogP contribution is 2.58. The monoisotopic (exact) mass is 535 g/mol. The summed E-state index contributed by atoms with van der Waals surface area (Å²) >= 11 is 4.40. The van der Waals surface area contributed by atoms with Crippen molar-refractivity contribution in [3.8, 4) is 5.75 Å². The maximum absolute atomic E-state index is 6.88. The Morgan fingerprint density at radius 3 is 2.14 bits per heavy atom. The number of hydrogen-bond acceptors (Lipinski definition) is 6. The van der Waals surface area contributed by atoms with Gasteiger partial charge in [-0.2, -0.15) is 0 Å². The molecule has 0 amide bonds. The van der Waals surface area contributed by atoms with Crippen LogP contribution in [-0.2, 0) is 15.6 Å². The van der Waals surface area contributed by atoms with Crippen molar-refractivity contribution in [1.82, 2.24) is 4.90 Å². The zero-order chi connectivity index (χ0) is 25.3. The minimum atomic E-state index is -1.86. The Bertz CT molecular complexity index is 880. The molecular weight excluding hydrogens is 491 g/mol. The molecule has 7 heteroatoms. The minimum Gasteiger partial charge on any atom is -0.499 e. The van der Waals surface area contributed by atoms with E-state index in [1.807, 2.05) is 7.11 Å². The normalized spacial score (nSPS) is 23.0. The van der Waals surface area contributed by atoms with Gasteiger partial charge in [-0.3, -0.25) is 4.90 Å². The van der Waals surface area contributed by atoms with Crippen LogP contribution in [0.2, 0.25) is 18.1 Å². The fourth-order valence-electron chi connectivity index (χ4n) is 5.64. The van der Waals surface area contributed by atoms with E-state index in [1.54, 1.807) is 7.11 Å². The molecule has 2 aliphatic heterocycles. The fourth-order valence-corrected chi connectivity index (χ4v) is 9.91. The first kappa shape index (κ1) is 27.4. The van der Waals surface area contributed by atoms with Gasteiger partial charge in [-0.15, -0.1) is 23.5 Å². The number of methoxy groups -OCH3 is 2. The lowest BCUT2D eigenvalue weighted by molar-refractivity contribution is 0.0117.